The highest BCUT2D eigenvalue weighted by Crippen LogP contribution is 2.16. The second-order valence-electron chi connectivity index (χ2n) is 3.94. The van der Waals surface area contributed by atoms with Crippen LogP contribution in [0.25, 0.3) is 0 Å². The summed E-state index contributed by atoms with van der Waals surface area (Å²) >= 11 is 3.11. The van der Waals surface area contributed by atoms with Crippen molar-refractivity contribution in [1.29, 1.82) is 0 Å². The molecule has 0 saturated carbocycles. The molecular weight excluding hydrogens is 309 g/mol. The van der Waals surface area contributed by atoms with Crippen LogP contribution >= 0.6 is 15.9 Å². The van der Waals surface area contributed by atoms with Crippen molar-refractivity contribution in [2.75, 3.05) is 5.32 Å². The molecule has 0 aliphatic heterocycles. The van der Waals surface area contributed by atoms with Crippen molar-refractivity contribution in [1.82, 2.24) is 0 Å². The standard InChI is InChI=1S/C14H13BrFN3/c15-12-7-6-10(8-13(12)16)9-18-14(17)19-11-4-2-1-3-5-11/h1-8H,9H2,(H3,17,18,19). The lowest BCUT2D eigenvalue weighted by molar-refractivity contribution is 0.619. The minimum atomic E-state index is -0.303. The van der Waals surface area contributed by atoms with E-state index in [0.717, 1.165) is 11.3 Å². The molecule has 0 spiro atoms. The molecule has 0 bridgehead atoms. The van der Waals surface area contributed by atoms with Crippen LogP contribution in [0.4, 0.5) is 10.1 Å². The van der Waals surface area contributed by atoms with Crippen LogP contribution in [0.3, 0.4) is 0 Å². The van der Waals surface area contributed by atoms with Gasteiger partial charge in [-0.2, -0.15) is 0 Å². The number of nitrogens with zero attached hydrogens (tertiary/aromatic N) is 1. The first-order chi connectivity index (χ1) is 9.15. The molecule has 5 heteroatoms. The Morgan fingerprint density at radius 2 is 1.95 bits per heavy atom. The van der Waals surface area contributed by atoms with E-state index in [1.807, 2.05) is 30.3 Å². The van der Waals surface area contributed by atoms with Crippen molar-refractivity contribution in [3.05, 3.63) is 64.4 Å². The third-order valence-corrected chi connectivity index (χ3v) is 3.11. The topological polar surface area (TPSA) is 50.4 Å². The monoisotopic (exact) mass is 321 g/mol. The number of para-hydroxylation sites is 1. The van der Waals surface area contributed by atoms with Gasteiger partial charge >= 0.3 is 0 Å². The molecule has 0 aromatic heterocycles. The molecule has 19 heavy (non-hydrogen) atoms. The van der Waals surface area contributed by atoms with Gasteiger partial charge in [0.2, 0.25) is 0 Å². The lowest BCUT2D eigenvalue weighted by atomic mass is 10.2. The van der Waals surface area contributed by atoms with Gasteiger partial charge in [0.05, 0.1) is 11.0 Å². The SMILES string of the molecule is NC(=NCc1ccc(Br)c(F)c1)Nc1ccccc1. The van der Waals surface area contributed by atoms with Gasteiger partial charge in [0.25, 0.3) is 0 Å². The lowest BCUT2D eigenvalue weighted by Crippen LogP contribution is -2.22. The van der Waals surface area contributed by atoms with Crippen molar-refractivity contribution in [3.8, 4) is 0 Å². The molecule has 0 aliphatic rings. The molecular formula is C14H13BrFN3. The molecule has 98 valence electrons. The molecule has 2 aromatic rings. The van der Waals surface area contributed by atoms with Gasteiger partial charge < -0.3 is 11.1 Å². The average Bonchev–Trinajstić information content (AvgIpc) is 2.41. The van der Waals surface area contributed by atoms with Crippen molar-refractivity contribution in [2.24, 2.45) is 10.7 Å². The van der Waals surface area contributed by atoms with Crippen LogP contribution in [-0.4, -0.2) is 5.96 Å². The van der Waals surface area contributed by atoms with Gasteiger partial charge in [0.1, 0.15) is 5.82 Å². The van der Waals surface area contributed by atoms with Crippen LogP contribution < -0.4 is 11.1 Å². The third kappa shape index (κ3) is 4.06. The fourth-order valence-corrected chi connectivity index (χ4v) is 1.77. The normalized spacial score (nSPS) is 11.4. The van der Waals surface area contributed by atoms with Gasteiger partial charge in [-0.3, -0.25) is 0 Å². The van der Waals surface area contributed by atoms with Crippen LogP contribution in [-0.2, 0) is 6.54 Å². The lowest BCUT2D eigenvalue weighted by Gasteiger charge is -2.05. The molecule has 0 unspecified atom stereocenters. The second-order valence-corrected chi connectivity index (χ2v) is 4.80. The number of nitrogens with two attached hydrogens (primary N) is 1. The molecule has 0 amide bonds. The number of rotatable bonds is 3. The van der Waals surface area contributed by atoms with E-state index in [2.05, 4.69) is 26.2 Å². The summed E-state index contributed by atoms with van der Waals surface area (Å²) in [6.45, 7) is 0.329. The molecule has 2 rings (SSSR count). The van der Waals surface area contributed by atoms with Gasteiger partial charge in [-0.05, 0) is 45.8 Å². The number of halogens is 2. The van der Waals surface area contributed by atoms with Crippen molar-refractivity contribution >= 4 is 27.6 Å². The highest BCUT2D eigenvalue weighted by atomic mass is 79.9. The van der Waals surface area contributed by atoms with Crippen LogP contribution in [0, 0.1) is 5.82 Å². The van der Waals surface area contributed by atoms with Gasteiger partial charge in [0, 0.05) is 5.69 Å². The van der Waals surface area contributed by atoms with E-state index < -0.39 is 0 Å². The number of benzene rings is 2. The number of anilines is 1. The maximum Gasteiger partial charge on any atom is 0.193 e. The maximum atomic E-state index is 13.3. The molecule has 0 aliphatic carbocycles. The Hall–Kier alpha value is -1.88. The minimum absolute atomic E-state index is 0.300. The highest BCUT2D eigenvalue weighted by Gasteiger charge is 2.00. The van der Waals surface area contributed by atoms with Gasteiger partial charge in [0.15, 0.2) is 5.96 Å². The summed E-state index contributed by atoms with van der Waals surface area (Å²) in [6, 6.07) is 14.4. The second kappa shape index (κ2) is 6.33. The molecule has 0 atom stereocenters. The molecule has 0 radical (unpaired) electrons. The molecule has 3 nitrogen and oxygen atoms in total. The molecule has 0 heterocycles. The number of nitrogens with one attached hydrogen (secondary N) is 1. The molecule has 3 N–H and O–H groups in total. The molecule has 2 aromatic carbocycles. The Balaban J connectivity index is 1.99. The maximum absolute atomic E-state index is 13.3. The van der Waals surface area contributed by atoms with Crippen molar-refractivity contribution in [2.45, 2.75) is 6.54 Å². The van der Waals surface area contributed by atoms with E-state index in [1.54, 1.807) is 12.1 Å². The Bertz CT molecular complexity index is 584. The van der Waals surface area contributed by atoms with Gasteiger partial charge in [-0.25, -0.2) is 9.38 Å². The average molecular weight is 322 g/mol. The van der Waals surface area contributed by atoms with E-state index in [0.29, 0.717) is 17.0 Å². The van der Waals surface area contributed by atoms with E-state index in [4.69, 9.17) is 5.73 Å². The fourth-order valence-electron chi connectivity index (χ4n) is 1.52. The van der Waals surface area contributed by atoms with E-state index in [-0.39, 0.29) is 5.82 Å². The summed E-state index contributed by atoms with van der Waals surface area (Å²) in [4.78, 5) is 4.16. The molecule has 0 fully saturated rings. The number of guanidine groups is 1. The summed E-state index contributed by atoms with van der Waals surface area (Å²) in [7, 11) is 0. The summed E-state index contributed by atoms with van der Waals surface area (Å²) in [5.74, 6) is -0.00295. The Labute approximate surface area is 119 Å². The Morgan fingerprint density at radius 1 is 1.21 bits per heavy atom. The predicted octanol–water partition coefficient (Wildman–Crippen LogP) is 3.52. The zero-order valence-electron chi connectivity index (χ0n) is 10.1. The molecule has 0 saturated heterocycles. The summed E-state index contributed by atoms with van der Waals surface area (Å²) in [5.41, 5.74) is 7.39. The third-order valence-electron chi connectivity index (χ3n) is 2.46. The number of hydrogen-bond donors (Lipinski definition) is 2. The number of hydrogen-bond acceptors (Lipinski definition) is 1. The number of aliphatic imine (C=N–C) groups is 1. The van der Waals surface area contributed by atoms with Gasteiger partial charge in [-0.1, -0.05) is 24.3 Å². The minimum Gasteiger partial charge on any atom is -0.370 e. The summed E-state index contributed by atoms with van der Waals surface area (Å²) < 4.78 is 13.7. The summed E-state index contributed by atoms with van der Waals surface area (Å²) in [5, 5.41) is 2.96. The first-order valence-electron chi connectivity index (χ1n) is 5.71. The van der Waals surface area contributed by atoms with E-state index in [9.17, 15) is 4.39 Å². The van der Waals surface area contributed by atoms with Crippen LogP contribution in [0.5, 0.6) is 0 Å². The van der Waals surface area contributed by atoms with Gasteiger partial charge in [-0.15, -0.1) is 0 Å². The van der Waals surface area contributed by atoms with Crippen molar-refractivity contribution in [3.63, 3.8) is 0 Å². The largest absolute Gasteiger partial charge is 0.370 e. The Kier molecular flexibility index (Phi) is 4.52. The zero-order chi connectivity index (χ0) is 13.7. The highest BCUT2D eigenvalue weighted by molar-refractivity contribution is 9.10. The van der Waals surface area contributed by atoms with Crippen LogP contribution in [0.15, 0.2) is 58.0 Å². The summed E-state index contributed by atoms with van der Waals surface area (Å²) in [6.07, 6.45) is 0. The first kappa shape index (κ1) is 13.5. The van der Waals surface area contributed by atoms with Crippen LogP contribution in [0.1, 0.15) is 5.56 Å². The van der Waals surface area contributed by atoms with Crippen molar-refractivity contribution < 1.29 is 4.39 Å². The Morgan fingerprint density at radius 3 is 2.63 bits per heavy atom. The van der Waals surface area contributed by atoms with E-state index in [1.165, 1.54) is 6.07 Å². The first-order valence-corrected chi connectivity index (χ1v) is 6.50. The van der Waals surface area contributed by atoms with E-state index >= 15 is 0 Å². The smallest absolute Gasteiger partial charge is 0.193 e. The van der Waals surface area contributed by atoms with Crippen LogP contribution in [0.2, 0.25) is 0 Å². The predicted molar refractivity (Wildman–Crippen MR) is 79.5 cm³/mol. The zero-order valence-corrected chi connectivity index (χ0v) is 11.7. The fraction of sp³-hybridized carbons (Fsp3) is 0.0714. The quantitative estimate of drug-likeness (QED) is 0.671.